The van der Waals surface area contributed by atoms with Gasteiger partial charge in [0.2, 0.25) is 0 Å². The van der Waals surface area contributed by atoms with Crippen molar-refractivity contribution < 1.29 is 24.2 Å². The molecule has 1 heterocycles. The van der Waals surface area contributed by atoms with Crippen molar-refractivity contribution >= 4 is 23.1 Å². The van der Waals surface area contributed by atoms with Crippen molar-refractivity contribution in [2.75, 3.05) is 19.1 Å². The Bertz CT molecular complexity index is 1200. The minimum atomic E-state index is -0.787. The minimum Gasteiger partial charge on any atom is -0.507 e. The predicted octanol–water partition coefficient (Wildman–Crippen LogP) is 4.64. The molecule has 3 aromatic carbocycles. The molecule has 0 saturated carbocycles. The Kier molecular flexibility index (Phi) is 5.69. The number of rotatable bonds is 5. The van der Waals surface area contributed by atoms with Crippen LogP contribution in [0.4, 0.5) is 5.69 Å². The van der Waals surface area contributed by atoms with Crippen LogP contribution in [0.15, 0.2) is 78.4 Å². The summed E-state index contributed by atoms with van der Waals surface area (Å²) in [6, 6.07) is 20.4. The van der Waals surface area contributed by atoms with E-state index in [9.17, 15) is 14.7 Å². The maximum Gasteiger partial charge on any atom is 0.300 e. The highest BCUT2D eigenvalue weighted by Gasteiger charge is 2.47. The average molecular weight is 429 g/mol. The molecule has 1 atom stereocenters. The summed E-state index contributed by atoms with van der Waals surface area (Å²) in [7, 11) is 3.13. The van der Waals surface area contributed by atoms with Gasteiger partial charge in [-0.15, -0.1) is 0 Å². The second-order valence-electron chi connectivity index (χ2n) is 7.46. The van der Waals surface area contributed by atoms with E-state index in [0.29, 0.717) is 28.3 Å². The van der Waals surface area contributed by atoms with Crippen molar-refractivity contribution in [1.82, 2.24) is 0 Å². The van der Waals surface area contributed by atoms with Gasteiger partial charge >= 0.3 is 0 Å². The third-order valence-electron chi connectivity index (χ3n) is 5.60. The number of amides is 1. The molecule has 1 unspecified atom stereocenters. The molecule has 4 rings (SSSR count). The predicted molar refractivity (Wildman–Crippen MR) is 122 cm³/mol. The highest BCUT2D eigenvalue weighted by atomic mass is 16.5. The van der Waals surface area contributed by atoms with Crippen molar-refractivity contribution in [1.29, 1.82) is 0 Å². The van der Waals surface area contributed by atoms with Gasteiger partial charge in [-0.2, -0.15) is 0 Å². The zero-order valence-electron chi connectivity index (χ0n) is 18.0. The van der Waals surface area contributed by atoms with E-state index in [1.54, 1.807) is 80.9 Å². The summed E-state index contributed by atoms with van der Waals surface area (Å²) in [5.74, 6) is -0.359. The van der Waals surface area contributed by atoms with Crippen molar-refractivity contribution in [3.8, 4) is 11.5 Å². The zero-order valence-corrected chi connectivity index (χ0v) is 18.0. The summed E-state index contributed by atoms with van der Waals surface area (Å²) in [5, 5.41) is 11.3. The molecule has 0 bridgehead atoms. The maximum atomic E-state index is 13.2. The van der Waals surface area contributed by atoms with Crippen LogP contribution in [0.25, 0.3) is 5.76 Å². The van der Waals surface area contributed by atoms with Crippen molar-refractivity contribution in [3.05, 3.63) is 95.1 Å². The van der Waals surface area contributed by atoms with Gasteiger partial charge in [0.1, 0.15) is 17.3 Å². The number of Topliss-reactive ketones (excluding diaryl/α,β-unsaturated/α-hetero) is 1. The molecule has 3 aromatic rings. The van der Waals surface area contributed by atoms with Gasteiger partial charge in [0.25, 0.3) is 11.7 Å². The lowest BCUT2D eigenvalue weighted by Crippen LogP contribution is -2.29. The second kappa shape index (κ2) is 8.59. The van der Waals surface area contributed by atoms with Gasteiger partial charge in [-0.3, -0.25) is 14.5 Å². The molecule has 0 aromatic heterocycles. The van der Waals surface area contributed by atoms with E-state index in [1.807, 2.05) is 13.0 Å². The highest BCUT2D eigenvalue weighted by molar-refractivity contribution is 6.51. The third-order valence-corrected chi connectivity index (χ3v) is 5.60. The van der Waals surface area contributed by atoms with Crippen LogP contribution in [0.3, 0.4) is 0 Å². The summed E-state index contributed by atoms with van der Waals surface area (Å²) in [4.78, 5) is 27.7. The standard InChI is InChI=1S/C26H23NO5/c1-16-15-20(32-3)13-14-21(16)24(28)22-23(17-9-11-19(31-2)12-10-17)27(26(30)25(22)29)18-7-5-4-6-8-18/h4-15,23,28H,1-3H3/b24-22-. The van der Waals surface area contributed by atoms with Crippen LogP contribution in [0.1, 0.15) is 22.7 Å². The van der Waals surface area contributed by atoms with Crippen LogP contribution in [0.5, 0.6) is 11.5 Å². The SMILES string of the molecule is COc1ccc(C2/C(=C(/O)c3ccc(OC)cc3C)C(=O)C(=O)N2c2ccccc2)cc1. The van der Waals surface area contributed by atoms with Crippen LogP contribution < -0.4 is 14.4 Å². The zero-order chi connectivity index (χ0) is 22.8. The van der Waals surface area contributed by atoms with Crippen LogP contribution in [-0.2, 0) is 9.59 Å². The Labute approximate surface area is 186 Å². The van der Waals surface area contributed by atoms with Crippen molar-refractivity contribution in [2.45, 2.75) is 13.0 Å². The lowest BCUT2D eigenvalue weighted by atomic mass is 9.93. The first-order valence-electron chi connectivity index (χ1n) is 10.1. The first-order chi connectivity index (χ1) is 15.5. The summed E-state index contributed by atoms with van der Waals surface area (Å²) in [5.41, 5.74) is 2.48. The molecule has 162 valence electrons. The van der Waals surface area contributed by atoms with Crippen molar-refractivity contribution in [2.24, 2.45) is 0 Å². The topological polar surface area (TPSA) is 76.1 Å². The Hall–Kier alpha value is -4.06. The molecule has 1 fully saturated rings. The Morgan fingerprint density at radius 3 is 2.09 bits per heavy atom. The van der Waals surface area contributed by atoms with Crippen LogP contribution in [-0.4, -0.2) is 31.0 Å². The number of carbonyl (C=O) groups excluding carboxylic acids is 2. The molecule has 1 aliphatic rings. The van der Waals surface area contributed by atoms with E-state index >= 15 is 0 Å². The summed E-state index contributed by atoms with van der Waals surface area (Å²) >= 11 is 0. The van der Waals surface area contributed by atoms with Gasteiger partial charge in [-0.05, 0) is 60.5 Å². The van der Waals surface area contributed by atoms with Gasteiger partial charge < -0.3 is 14.6 Å². The van der Waals surface area contributed by atoms with E-state index in [1.165, 1.54) is 4.90 Å². The number of aryl methyl sites for hydroxylation is 1. The average Bonchev–Trinajstić information content (AvgIpc) is 3.09. The molecule has 0 aliphatic carbocycles. The molecule has 32 heavy (non-hydrogen) atoms. The van der Waals surface area contributed by atoms with Crippen LogP contribution >= 0.6 is 0 Å². The number of methoxy groups -OCH3 is 2. The summed E-state index contributed by atoms with van der Waals surface area (Å²) in [6.07, 6.45) is 0. The number of nitrogens with zero attached hydrogens (tertiary/aromatic N) is 1. The third kappa shape index (κ3) is 3.60. The number of ketones is 1. The van der Waals surface area contributed by atoms with E-state index in [4.69, 9.17) is 9.47 Å². The number of aliphatic hydroxyl groups is 1. The maximum absolute atomic E-state index is 13.2. The molecule has 1 amide bonds. The molecule has 0 spiro atoms. The smallest absolute Gasteiger partial charge is 0.300 e. The minimum absolute atomic E-state index is 0.0392. The lowest BCUT2D eigenvalue weighted by Gasteiger charge is -2.25. The van der Waals surface area contributed by atoms with E-state index in [2.05, 4.69) is 0 Å². The van der Waals surface area contributed by atoms with Crippen LogP contribution in [0.2, 0.25) is 0 Å². The lowest BCUT2D eigenvalue weighted by molar-refractivity contribution is -0.132. The molecule has 1 N–H and O–H groups in total. The highest BCUT2D eigenvalue weighted by Crippen LogP contribution is 2.42. The van der Waals surface area contributed by atoms with Gasteiger partial charge in [-0.1, -0.05) is 30.3 Å². The van der Waals surface area contributed by atoms with E-state index < -0.39 is 17.7 Å². The quantitative estimate of drug-likeness (QED) is 0.363. The normalized spacial score (nSPS) is 17.5. The molecular formula is C26H23NO5. The number of anilines is 1. The van der Waals surface area contributed by atoms with E-state index in [-0.39, 0.29) is 11.3 Å². The van der Waals surface area contributed by atoms with Gasteiger partial charge in [-0.25, -0.2) is 0 Å². The first-order valence-corrected chi connectivity index (χ1v) is 10.1. The fourth-order valence-electron chi connectivity index (χ4n) is 3.96. The van der Waals surface area contributed by atoms with Gasteiger partial charge in [0.05, 0.1) is 25.8 Å². The number of hydrogen-bond donors (Lipinski definition) is 1. The Morgan fingerprint density at radius 1 is 0.875 bits per heavy atom. The number of para-hydroxylation sites is 1. The van der Waals surface area contributed by atoms with Crippen molar-refractivity contribution in [3.63, 3.8) is 0 Å². The molecule has 6 heteroatoms. The molecule has 0 radical (unpaired) electrons. The second-order valence-corrected chi connectivity index (χ2v) is 7.46. The monoisotopic (exact) mass is 429 g/mol. The fourth-order valence-corrected chi connectivity index (χ4v) is 3.96. The number of benzene rings is 3. The number of hydrogen-bond acceptors (Lipinski definition) is 5. The number of carbonyl (C=O) groups is 2. The van der Waals surface area contributed by atoms with Crippen LogP contribution in [0, 0.1) is 6.92 Å². The van der Waals surface area contributed by atoms with E-state index in [0.717, 1.165) is 5.56 Å². The Balaban J connectivity index is 1.93. The number of ether oxygens (including phenoxy) is 2. The van der Waals surface area contributed by atoms with Gasteiger partial charge in [0, 0.05) is 11.3 Å². The first kappa shape index (κ1) is 21.2. The summed E-state index contributed by atoms with van der Waals surface area (Å²) < 4.78 is 10.5. The van der Waals surface area contributed by atoms with Gasteiger partial charge in [0.15, 0.2) is 0 Å². The molecule has 6 nitrogen and oxygen atoms in total. The number of aliphatic hydroxyl groups excluding tert-OH is 1. The molecule has 1 saturated heterocycles. The fraction of sp³-hybridized carbons (Fsp3) is 0.154. The molecular weight excluding hydrogens is 406 g/mol. The summed E-state index contributed by atoms with van der Waals surface area (Å²) in [6.45, 7) is 1.81. The molecule has 1 aliphatic heterocycles. The Morgan fingerprint density at radius 2 is 1.50 bits per heavy atom. The largest absolute Gasteiger partial charge is 0.507 e.